The van der Waals surface area contributed by atoms with E-state index < -0.39 is 0 Å². The van der Waals surface area contributed by atoms with Crippen molar-refractivity contribution in [3.63, 3.8) is 0 Å². The molecule has 6 heteroatoms. The molecule has 3 aliphatic rings. The number of fused-ring (bicyclic) bond motifs is 1. The number of allylic oxidation sites excluding steroid dienone is 5. The fourth-order valence-electron chi connectivity index (χ4n) is 5.31. The molecule has 0 radical (unpaired) electrons. The first kappa shape index (κ1) is 24.5. The standard InChI is InChI=1S/C33H29N3O3/c1-23-20-26(22-29(39-23)17-15-24-16-18-30-25(21-24)10-9-19-34(30)2)31-32(37)35(27-11-5-3-6-12-27)36(33(31)38)28-13-7-4-8-14-28/h3-8,11-18,20-22H,9-10,19H2,1-2H3/b17-15+. The highest BCUT2D eigenvalue weighted by molar-refractivity contribution is 6.36. The number of hydrogen-bond donors (Lipinski definition) is 0. The lowest BCUT2D eigenvalue weighted by Gasteiger charge is -2.27. The van der Waals surface area contributed by atoms with Gasteiger partial charge in [-0.3, -0.25) is 9.59 Å². The summed E-state index contributed by atoms with van der Waals surface area (Å²) in [6, 6.07) is 24.9. The van der Waals surface area contributed by atoms with Gasteiger partial charge in [-0.1, -0.05) is 48.5 Å². The molecule has 0 bridgehead atoms. The molecule has 0 atom stereocenters. The number of benzene rings is 3. The minimum atomic E-state index is -0.380. The van der Waals surface area contributed by atoms with Gasteiger partial charge in [-0.25, -0.2) is 10.0 Å². The largest absolute Gasteiger partial charge is 0.462 e. The number of carbonyl (C=O) groups is 2. The second kappa shape index (κ2) is 10.1. The molecule has 0 aromatic heterocycles. The van der Waals surface area contributed by atoms with Crippen LogP contribution in [0.5, 0.6) is 0 Å². The quantitative estimate of drug-likeness (QED) is 0.307. The number of rotatable bonds is 4. The van der Waals surface area contributed by atoms with Gasteiger partial charge >= 0.3 is 0 Å². The van der Waals surface area contributed by atoms with Gasteiger partial charge in [0.05, 0.1) is 11.4 Å². The Bertz CT molecular complexity index is 1510. The molecule has 0 aliphatic carbocycles. The van der Waals surface area contributed by atoms with Crippen LogP contribution in [-0.4, -0.2) is 25.4 Å². The Morgan fingerprint density at radius 2 is 1.44 bits per heavy atom. The molecule has 2 amide bonds. The third-order valence-electron chi connectivity index (χ3n) is 7.13. The van der Waals surface area contributed by atoms with Crippen molar-refractivity contribution in [3.8, 4) is 0 Å². The van der Waals surface area contributed by atoms with E-state index in [2.05, 4.69) is 30.1 Å². The van der Waals surface area contributed by atoms with E-state index in [-0.39, 0.29) is 17.4 Å². The zero-order valence-corrected chi connectivity index (χ0v) is 22.0. The topological polar surface area (TPSA) is 53.1 Å². The van der Waals surface area contributed by atoms with Crippen molar-refractivity contribution in [1.29, 1.82) is 0 Å². The maximum atomic E-state index is 13.8. The third-order valence-corrected chi connectivity index (χ3v) is 7.13. The smallest absolute Gasteiger partial charge is 0.283 e. The van der Waals surface area contributed by atoms with Crippen LogP contribution in [0, 0.1) is 0 Å². The number of para-hydroxylation sites is 2. The number of aryl methyl sites for hydroxylation is 1. The summed E-state index contributed by atoms with van der Waals surface area (Å²) in [4.78, 5) is 30.0. The maximum Gasteiger partial charge on any atom is 0.283 e. The number of ether oxygens (including phenoxy) is 1. The van der Waals surface area contributed by atoms with Crippen LogP contribution >= 0.6 is 0 Å². The molecule has 3 aromatic carbocycles. The molecule has 194 valence electrons. The predicted molar refractivity (Wildman–Crippen MR) is 155 cm³/mol. The highest BCUT2D eigenvalue weighted by atomic mass is 16.5. The van der Waals surface area contributed by atoms with Gasteiger partial charge in [-0.2, -0.15) is 0 Å². The van der Waals surface area contributed by atoms with Crippen molar-refractivity contribution < 1.29 is 14.3 Å². The Morgan fingerprint density at radius 1 is 0.795 bits per heavy atom. The first-order valence-corrected chi connectivity index (χ1v) is 13.1. The molecule has 0 spiro atoms. The molecule has 0 N–H and O–H groups in total. The molecule has 3 heterocycles. The fraction of sp³-hybridized carbons (Fsp3) is 0.152. The average Bonchev–Trinajstić information content (AvgIpc) is 3.22. The Kier molecular flexibility index (Phi) is 6.37. The Hall–Kier alpha value is -4.84. The summed E-state index contributed by atoms with van der Waals surface area (Å²) >= 11 is 0. The average molecular weight is 516 g/mol. The number of nitrogens with zero attached hydrogens (tertiary/aromatic N) is 3. The highest BCUT2D eigenvalue weighted by Gasteiger charge is 2.44. The number of anilines is 3. The number of hydrogen-bond acceptors (Lipinski definition) is 4. The Balaban J connectivity index is 1.38. The third kappa shape index (κ3) is 4.66. The monoisotopic (exact) mass is 515 g/mol. The second-order valence-corrected chi connectivity index (χ2v) is 9.89. The lowest BCUT2D eigenvalue weighted by atomic mass is 9.99. The van der Waals surface area contributed by atoms with Crippen LogP contribution in [0.15, 0.2) is 120 Å². The summed E-state index contributed by atoms with van der Waals surface area (Å²) in [6.45, 7) is 2.90. The normalized spacial score (nSPS) is 17.4. The number of hydrazine groups is 1. The molecule has 3 aliphatic heterocycles. The van der Waals surface area contributed by atoms with Gasteiger partial charge in [-0.15, -0.1) is 0 Å². The summed E-state index contributed by atoms with van der Waals surface area (Å²) in [7, 11) is 2.13. The van der Waals surface area contributed by atoms with Crippen molar-refractivity contribution in [3.05, 3.63) is 131 Å². The lowest BCUT2D eigenvalue weighted by molar-refractivity contribution is -0.116. The molecule has 39 heavy (non-hydrogen) atoms. The summed E-state index contributed by atoms with van der Waals surface area (Å²) in [5.74, 6) is 0.415. The van der Waals surface area contributed by atoms with E-state index in [1.807, 2.05) is 79.7 Å². The highest BCUT2D eigenvalue weighted by Crippen LogP contribution is 2.35. The molecule has 6 rings (SSSR count). The van der Waals surface area contributed by atoms with Gasteiger partial charge in [0.2, 0.25) is 0 Å². The Morgan fingerprint density at radius 3 is 2.08 bits per heavy atom. The van der Waals surface area contributed by atoms with E-state index in [1.165, 1.54) is 21.3 Å². The summed E-state index contributed by atoms with van der Waals surface area (Å²) < 4.78 is 5.96. The molecule has 6 nitrogen and oxygen atoms in total. The van der Waals surface area contributed by atoms with Crippen molar-refractivity contribution in [2.24, 2.45) is 0 Å². The predicted octanol–water partition coefficient (Wildman–Crippen LogP) is 6.19. The van der Waals surface area contributed by atoms with E-state index in [1.54, 1.807) is 12.2 Å². The van der Waals surface area contributed by atoms with E-state index in [0.29, 0.717) is 28.5 Å². The molecule has 1 fully saturated rings. The minimum absolute atomic E-state index is 0.105. The molecular formula is C33H29N3O3. The van der Waals surface area contributed by atoms with Crippen molar-refractivity contribution in [2.75, 3.05) is 28.5 Å². The van der Waals surface area contributed by atoms with E-state index >= 15 is 0 Å². The van der Waals surface area contributed by atoms with E-state index in [9.17, 15) is 9.59 Å². The minimum Gasteiger partial charge on any atom is -0.462 e. The van der Waals surface area contributed by atoms with E-state index in [0.717, 1.165) is 24.9 Å². The molecule has 3 aromatic rings. The van der Waals surface area contributed by atoms with Gasteiger partial charge in [0.25, 0.3) is 11.8 Å². The first-order valence-electron chi connectivity index (χ1n) is 13.1. The summed E-state index contributed by atoms with van der Waals surface area (Å²) in [5.41, 5.74) is 5.56. The van der Waals surface area contributed by atoms with Crippen LogP contribution in [-0.2, 0) is 20.7 Å². The van der Waals surface area contributed by atoms with Gasteiger partial charge in [0.1, 0.15) is 17.1 Å². The first-order chi connectivity index (χ1) is 19.0. The Labute approximate surface area is 228 Å². The SMILES string of the molecule is CC1=CC(=C2C(=O)N(c3ccccc3)N(c3ccccc3)C2=O)C=C(/C=C/c2ccc3c(c2)CCCN3C)O1. The second-order valence-electron chi connectivity index (χ2n) is 9.89. The lowest BCUT2D eigenvalue weighted by Crippen LogP contribution is -2.41. The van der Waals surface area contributed by atoms with Gasteiger partial charge in [0.15, 0.2) is 0 Å². The van der Waals surface area contributed by atoms with Crippen molar-refractivity contribution in [1.82, 2.24) is 0 Å². The van der Waals surface area contributed by atoms with Crippen LogP contribution in [0.1, 0.15) is 24.5 Å². The number of amides is 2. The molecule has 0 unspecified atom stereocenters. The molecule has 1 saturated heterocycles. The zero-order valence-electron chi connectivity index (χ0n) is 22.0. The van der Waals surface area contributed by atoms with Gasteiger partial charge < -0.3 is 9.64 Å². The van der Waals surface area contributed by atoms with Crippen LogP contribution in [0.4, 0.5) is 17.1 Å². The molecular weight excluding hydrogens is 486 g/mol. The maximum absolute atomic E-state index is 13.8. The van der Waals surface area contributed by atoms with Crippen LogP contribution < -0.4 is 14.9 Å². The van der Waals surface area contributed by atoms with Gasteiger partial charge in [-0.05, 0) is 91.1 Å². The van der Waals surface area contributed by atoms with Crippen molar-refractivity contribution >= 4 is 35.0 Å². The van der Waals surface area contributed by atoms with Crippen LogP contribution in [0.3, 0.4) is 0 Å². The summed E-state index contributed by atoms with van der Waals surface area (Å²) in [5, 5.41) is 2.87. The van der Waals surface area contributed by atoms with Crippen molar-refractivity contribution in [2.45, 2.75) is 19.8 Å². The van der Waals surface area contributed by atoms with E-state index in [4.69, 9.17) is 4.74 Å². The van der Waals surface area contributed by atoms with Gasteiger partial charge in [0, 0.05) is 19.3 Å². The molecule has 0 saturated carbocycles. The van der Waals surface area contributed by atoms with Crippen LogP contribution in [0.2, 0.25) is 0 Å². The number of carbonyl (C=O) groups excluding carboxylic acids is 2. The van der Waals surface area contributed by atoms with Crippen LogP contribution in [0.25, 0.3) is 6.08 Å². The fourth-order valence-corrected chi connectivity index (χ4v) is 5.31. The zero-order chi connectivity index (χ0) is 26.9. The summed E-state index contributed by atoms with van der Waals surface area (Å²) in [6.07, 6.45) is 9.62.